The second-order valence-corrected chi connectivity index (χ2v) is 3.61. The van der Waals surface area contributed by atoms with Crippen molar-refractivity contribution in [3.05, 3.63) is 41.2 Å². The van der Waals surface area contributed by atoms with Crippen LogP contribution in [0.3, 0.4) is 0 Å². The number of carbonyl (C=O) groups is 1. The number of nitrogens with zero attached hydrogens (tertiary/aromatic N) is 1. The van der Waals surface area contributed by atoms with Crippen LogP contribution in [-0.4, -0.2) is 16.2 Å². The lowest BCUT2D eigenvalue weighted by Crippen LogP contribution is -2.11. The Morgan fingerprint density at radius 2 is 2.24 bits per heavy atom. The normalized spacial score (nSPS) is 10.6. The van der Waals surface area contributed by atoms with Crippen LogP contribution >= 0.6 is 0 Å². The van der Waals surface area contributed by atoms with Gasteiger partial charge in [0, 0.05) is 11.6 Å². The van der Waals surface area contributed by atoms with Gasteiger partial charge in [-0.25, -0.2) is 4.79 Å². The largest absolute Gasteiger partial charge is 0.475 e. The minimum absolute atomic E-state index is 0.0125. The van der Waals surface area contributed by atoms with Gasteiger partial charge in [-0.2, -0.15) is 0 Å². The topological polar surface area (TPSA) is 88.5 Å². The minimum atomic E-state index is -1.05. The van der Waals surface area contributed by atoms with E-state index >= 15 is 0 Å². The zero-order chi connectivity index (χ0) is 12.3. The van der Waals surface area contributed by atoms with Gasteiger partial charge in [0.05, 0.1) is 19.3 Å². The summed E-state index contributed by atoms with van der Waals surface area (Å²) in [6, 6.07) is 3.46. The number of furan rings is 1. The summed E-state index contributed by atoms with van der Waals surface area (Å²) in [5.41, 5.74) is 0.619. The molecule has 2 aromatic rings. The fourth-order valence-corrected chi connectivity index (χ4v) is 1.49. The smallest absolute Gasteiger partial charge is 0.372 e. The highest BCUT2D eigenvalue weighted by molar-refractivity contribution is 5.86. The second-order valence-electron chi connectivity index (χ2n) is 3.61. The monoisotopic (exact) mass is 236 g/mol. The number of rotatable bonds is 5. The molecule has 6 nitrogen and oxygen atoms in total. The maximum Gasteiger partial charge on any atom is 0.372 e. The second kappa shape index (κ2) is 4.84. The summed E-state index contributed by atoms with van der Waals surface area (Å²) in [6.45, 7) is 2.66. The van der Waals surface area contributed by atoms with E-state index in [1.54, 1.807) is 25.3 Å². The van der Waals surface area contributed by atoms with Gasteiger partial charge in [0.2, 0.25) is 5.76 Å². The van der Waals surface area contributed by atoms with Crippen molar-refractivity contribution in [2.24, 2.45) is 0 Å². The van der Waals surface area contributed by atoms with E-state index in [0.717, 1.165) is 0 Å². The van der Waals surface area contributed by atoms with E-state index in [1.807, 2.05) is 0 Å². The Kier molecular flexibility index (Phi) is 3.24. The molecule has 0 spiro atoms. The van der Waals surface area contributed by atoms with Gasteiger partial charge in [-0.15, -0.1) is 0 Å². The Labute approximate surface area is 97.2 Å². The van der Waals surface area contributed by atoms with E-state index in [1.165, 1.54) is 0 Å². The Bertz CT molecular complexity index is 502. The molecule has 0 aliphatic carbocycles. The minimum Gasteiger partial charge on any atom is -0.475 e. The van der Waals surface area contributed by atoms with Crippen LogP contribution < -0.4 is 5.32 Å². The molecule has 0 amide bonds. The molecule has 2 rings (SSSR count). The molecule has 0 saturated carbocycles. The van der Waals surface area contributed by atoms with Crippen molar-refractivity contribution in [1.29, 1.82) is 0 Å². The van der Waals surface area contributed by atoms with Crippen LogP contribution in [0.5, 0.6) is 0 Å². The molecule has 0 atom stereocenters. The molecule has 0 fully saturated rings. The van der Waals surface area contributed by atoms with Crippen LogP contribution in [0.15, 0.2) is 27.3 Å². The molecule has 2 N–H and O–H groups in total. The van der Waals surface area contributed by atoms with Gasteiger partial charge in [0.25, 0.3) is 0 Å². The standard InChI is InChI=1S/C11H12N2O4/c1-7-4-9(16-10(7)11(14)15)6-12-5-8-2-3-13-17-8/h2-4,12H,5-6H2,1H3,(H,14,15). The first-order valence-corrected chi connectivity index (χ1v) is 5.09. The highest BCUT2D eigenvalue weighted by atomic mass is 16.5. The average Bonchev–Trinajstić information content (AvgIpc) is 2.88. The SMILES string of the molecule is Cc1cc(CNCc2ccno2)oc1C(=O)O. The Balaban J connectivity index is 1.91. The number of aryl methyl sites for hydroxylation is 1. The quantitative estimate of drug-likeness (QED) is 0.819. The van der Waals surface area contributed by atoms with Crippen molar-refractivity contribution in [3.8, 4) is 0 Å². The molecule has 0 aliphatic rings. The molecular formula is C11H12N2O4. The van der Waals surface area contributed by atoms with Gasteiger partial charge in [0.1, 0.15) is 11.5 Å². The number of carboxylic acids is 1. The summed E-state index contributed by atoms with van der Waals surface area (Å²) in [5, 5.41) is 15.5. The molecule has 0 aliphatic heterocycles. The summed E-state index contributed by atoms with van der Waals surface area (Å²) in [4.78, 5) is 10.8. The van der Waals surface area contributed by atoms with Gasteiger partial charge in [0.15, 0.2) is 0 Å². The van der Waals surface area contributed by atoms with Crippen molar-refractivity contribution in [3.63, 3.8) is 0 Å². The number of hydrogen-bond donors (Lipinski definition) is 2. The Hall–Kier alpha value is -2.08. The zero-order valence-electron chi connectivity index (χ0n) is 9.27. The predicted octanol–water partition coefficient (Wildman–Crippen LogP) is 1.56. The van der Waals surface area contributed by atoms with Crippen LogP contribution in [0.2, 0.25) is 0 Å². The van der Waals surface area contributed by atoms with E-state index in [-0.39, 0.29) is 5.76 Å². The van der Waals surface area contributed by atoms with Crippen molar-refractivity contribution in [2.75, 3.05) is 0 Å². The number of nitrogens with one attached hydrogen (secondary N) is 1. The first-order chi connectivity index (χ1) is 8.16. The van der Waals surface area contributed by atoms with Crippen LogP contribution in [0, 0.1) is 6.92 Å². The molecule has 2 aromatic heterocycles. The third kappa shape index (κ3) is 2.73. The fraction of sp³-hybridized carbons (Fsp3) is 0.273. The van der Waals surface area contributed by atoms with Gasteiger partial charge in [-0.3, -0.25) is 0 Å². The highest BCUT2D eigenvalue weighted by Crippen LogP contribution is 2.14. The predicted molar refractivity (Wildman–Crippen MR) is 57.5 cm³/mol. The van der Waals surface area contributed by atoms with Crippen LogP contribution in [0.4, 0.5) is 0 Å². The Morgan fingerprint density at radius 3 is 2.82 bits per heavy atom. The molecule has 17 heavy (non-hydrogen) atoms. The van der Waals surface area contributed by atoms with Crippen molar-refractivity contribution in [1.82, 2.24) is 10.5 Å². The fourth-order valence-electron chi connectivity index (χ4n) is 1.49. The molecule has 2 heterocycles. The first kappa shape index (κ1) is 11.4. The van der Waals surface area contributed by atoms with Crippen LogP contribution in [-0.2, 0) is 13.1 Å². The number of carboxylic acid groups (broad SMARTS) is 1. The number of aromatic carboxylic acids is 1. The molecular weight excluding hydrogens is 224 g/mol. The van der Waals surface area contributed by atoms with E-state index in [0.29, 0.717) is 30.2 Å². The molecule has 0 unspecified atom stereocenters. The van der Waals surface area contributed by atoms with E-state index < -0.39 is 5.97 Å². The molecule has 6 heteroatoms. The third-order valence-electron chi connectivity index (χ3n) is 2.25. The van der Waals surface area contributed by atoms with E-state index in [4.69, 9.17) is 14.0 Å². The van der Waals surface area contributed by atoms with Gasteiger partial charge in [-0.05, 0) is 13.0 Å². The van der Waals surface area contributed by atoms with E-state index in [9.17, 15) is 4.79 Å². The summed E-state index contributed by atoms with van der Waals surface area (Å²) in [6.07, 6.45) is 1.57. The molecule has 0 radical (unpaired) electrons. The van der Waals surface area contributed by atoms with Gasteiger partial charge < -0.3 is 19.4 Å². The summed E-state index contributed by atoms with van der Waals surface area (Å²) >= 11 is 0. The molecule has 0 saturated heterocycles. The maximum absolute atomic E-state index is 10.8. The van der Waals surface area contributed by atoms with Gasteiger partial charge in [-0.1, -0.05) is 5.16 Å². The van der Waals surface area contributed by atoms with Crippen LogP contribution in [0.25, 0.3) is 0 Å². The summed E-state index contributed by atoms with van der Waals surface area (Å²) in [7, 11) is 0. The van der Waals surface area contributed by atoms with Crippen molar-refractivity contribution < 1.29 is 18.8 Å². The van der Waals surface area contributed by atoms with Crippen LogP contribution in [0.1, 0.15) is 27.6 Å². The lowest BCUT2D eigenvalue weighted by molar-refractivity contribution is 0.0659. The van der Waals surface area contributed by atoms with Crippen molar-refractivity contribution in [2.45, 2.75) is 20.0 Å². The average molecular weight is 236 g/mol. The van der Waals surface area contributed by atoms with Crippen molar-refractivity contribution >= 4 is 5.97 Å². The Morgan fingerprint density at radius 1 is 1.47 bits per heavy atom. The summed E-state index contributed by atoms with van der Waals surface area (Å²) < 4.78 is 10.1. The van der Waals surface area contributed by atoms with Gasteiger partial charge >= 0.3 is 5.97 Å². The van der Waals surface area contributed by atoms with E-state index in [2.05, 4.69) is 10.5 Å². The maximum atomic E-state index is 10.8. The molecule has 90 valence electrons. The molecule has 0 aromatic carbocycles. The zero-order valence-corrected chi connectivity index (χ0v) is 9.27. The lowest BCUT2D eigenvalue weighted by atomic mass is 10.2. The summed E-state index contributed by atoms with van der Waals surface area (Å²) in [5.74, 6) is 0.233. The third-order valence-corrected chi connectivity index (χ3v) is 2.25. The highest BCUT2D eigenvalue weighted by Gasteiger charge is 2.13. The molecule has 0 bridgehead atoms. The lowest BCUT2D eigenvalue weighted by Gasteiger charge is -1.98. The first-order valence-electron chi connectivity index (χ1n) is 5.09. The number of aromatic nitrogens is 1. The number of hydrogen-bond acceptors (Lipinski definition) is 5.